The van der Waals surface area contributed by atoms with Crippen LogP contribution in [0.25, 0.3) is 0 Å². The lowest BCUT2D eigenvalue weighted by Gasteiger charge is -2.32. The highest BCUT2D eigenvalue weighted by atomic mass is 16.6. The second kappa shape index (κ2) is 15.1. The number of benzene rings is 2. The van der Waals surface area contributed by atoms with Gasteiger partial charge in [-0.2, -0.15) is 0 Å². The highest BCUT2D eigenvalue weighted by Crippen LogP contribution is 2.31. The standard InChI is InChI=1S/C31H45N3O5/c1-7-8-9-10-11-14-20-34(26(36)21-32-30(38)39-31(4,5)6)28(24-18-12-13-19-25(24)35)29(37)33-27-22(2)16-15-17-23(27)3/h12-13,15-19,28,35H,7-11,14,20-21H2,1-6H3,(H,32,38)(H,33,37). The maximum absolute atomic E-state index is 13.9. The van der Waals surface area contributed by atoms with Gasteiger partial charge in [-0.25, -0.2) is 4.79 Å². The highest BCUT2D eigenvalue weighted by molar-refractivity contribution is 5.99. The summed E-state index contributed by atoms with van der Waals surface area (Å²) in [4.78, 5) is 41.2. The van der Waals surface area contributed by atoms with Crippen LogP contribution in [0.1, 0.15) is 89.0 Å². The smallest absolute Gasteiger partial charge is 0.408 e. The molecule has 0 bridgehead atoms. The number of phenolic OH excluding ortho intramolecular Hbond substituents is 1. The topological polar surface area (TPSA) is 108 Å². The van der Waals surface area contributed by atoms with Gasteiger partial charge in [0.05, 0.1) is 0 Å². The van der Waals surface area contributed by atoms with Crippen LogP contribution < -0.4 is 10.6 Å². The van der Waals surface area contributed by atoms with Crippen LogP contribution in [0.5, 0.6) is 5.75 Å². The SMILES string of the molecule is CCCCCCCCN(C(=O)CNC(=O)OC(C)(C)C)C(C(=O)Nc1c(C)cccc1C)c1ccccc1O. The zero-order valence-corrected chi connectivity index (χ0v) is 24.3. The van der Waals surface area contributed by atoms with Gasteiger partial charge in [0.15, 0.2) is 0 Å². The van der Waals surface area contributed by atoms with Crippen molar-refractivity contribution >= 4 is 23.6 Å². The first-order valence-corrected chi connectivity index (χ1v) is 13.9. The number of carbonyl (C=O) groups is 3. The molecule has 0 heterocycles. The lowest BCUT2D eigenvalue weighted by Crippen LogP contribution is -2.47. The van der Waals surface area contributed by atoms with E-state index in [4.69, 9.17) is 4.74 Å². The molecule has 1 unspecified atom stereocenters. The first-order valence-electron chi connectivity index (χ1n) is 13.9. The number of rotatable bonds is 13. The largest absolute Gasteiger partial charge is 0.508 e. The Bertz CT molecular complexity index is 1090. The molecule has 3 N–H and O–H groups in total. The van der Waals surface area contributed by atoms with E-state index in [1.54, 1.807) is 39.0 Å². The summed E-state index contributed by atoms with van der Waals surface area (Å²) in [6.07, 6.45) is 5.30. The molecule has 8 heteroatoms. The van der Waals surface area contributed by atoms with Gasteiger partial charge in [-0.1, -0.05) is 75.4 Å². The minimum Gasteiger partial charge on any atom is -0.508 e. The number of hydrogen-bond acceptors (Lipinski definition) is 5. The second-order valence-electron chi connectivity index (χ2n) is 10.9. The maximum atomic E-state index is 13.9. The summed E-state index contributed by atoms with van der Waals surface area (Å²) in [6, 6.07) is 11.2. The number of hydrogen-bond donors (Lipinski definition) is 3. The Balaban J connectivity index is 2.38. The molecule has 8 nitrogen and oxygen atoms in total. The molecule has 3 amide bonds. The molecular formula is C31H45N3O5. The summed E-state index contributed by atoms with van der Waals surface area (Å²) in [5, 5.41) is 16.3. The van der Waals surface area contributed by atoms with Gasteiger partial charge in [-0.05, 0) is 58.2 Å². The minimum absolute atomic E-state index is 0.0833. The zero-order valence-electron chi connectivity index (χ0n) is 24.3. The second-order valence-corrected chi connectivity index (χ2v) is 10.9. The lowest BCUT2D eigenvalue weighted by atomic mass is 10.0. The number of ether oxygens (including phenoxy) is 1. The summed E-state index contributed by atoms with van der Waals surface area (Å²) in [7, 11) is 0. The number of nitrogens with one attached hydrogen (secondary N) is 2. The third kappa shape index (κ3) is 10.3. The van der Waals surface area contributed by atoms with Crippen molar-refractivity contribution in [1.29, 1.82) is 0 Å². The Morgan fingerprint density at radius 3 is 2.15 bits per heavy atom. The van der Waals surface area contributed by atoms with Crippen LogP contribution in [0.4, 0.5) is 10.5 Å². The first-order chi connectivity index (χ1) is 18.4. The molecule has 0 saturated carbocycles. The van der Waals surface area contributed by atoms with E-state index >= 15 is 0 Å². The number of alkyl carbamates (subject to hydrolysis) is 1. The van der Waals surface area contributed by atoms with Crippen LogP contribution in [0.15, 0.2) is 42.5 Å². The minimum atomic E-state index is -1.10. The molecular weight excluding hydrogens is 494 g/mol. The fourth-order valence-electron chi connectivity index (χ4n) is 4.40. The molecule has 2 rings (SSSR count). The van der Waals surface area contributed by atoms with E-state index in [0.717, 1.165) is 43.2 Å². The number of carbonyl (C=O) groups excluding carboxylic acids is 3. The van der Waals surface area contributed by atoms with Gasteiger partial charge in [0.25, 0.3) is 5.91 Å². The van der Waals surface area contributed by atoms with Gasteiger partial charge in [0.2, 0.25) is 5.91 Å². The molecule has 0 fully saturated rings. The Kier molecular flexibility index (Phi) is 12.3. The van der Waals surface area contributed by atoms with Crippen LogP contribution in [-0.2, 0) is 14.3 Å². The third-order valence-corrected chi connectivity index (χ3v) is 6.38. The Morgan fingerprint density at radius 2 is 1.54 bits per heavy atom. The van der Waals surface area contributed by atoms with Crippen LogP contribution >= 0.6 is 0 Å². The molecule has 0 aliphatic carbocycles. The molecule has 214 valence electrons. The lowest BCUT2D eigenvalue weighted by molar-refractivity contribution is -0.138. The van der Waals surface area contributed by atoms with E-state index in [1.807, 2.05) is 32.0 Å². The number of nitrogens with zero attached hydrogens (tertiary/aromatic N) is 1. The molecule has 0 aliphatic rings. The molecule has 0 saturated heterocycles. The van der Waals surface area contributed by atoms with Gasteiger partial charge in [-0.15, -0.1) is 0 Å². The van der Waals surface area contributed by atoms with Crippen molar-refractivity contribution in [1.82, 2.24) is 10.2 Å². The number of phenols is 1. The summed E-state index contributed by atoms with van der Waals surface area (Å²) in [6.45, 7) is 11.1. The van der Waals surface area contributed by atoms with Crippen molar-refractivity contribution in [3.63, 3.8) is 0 Å². The van der Waals surface area contributed by atoms with Gasteiger partial charge in [-0.3, -0.25) is 9.59 Å². The summed E-state index contributed by atoms with van der Waals surface area (Å²) in [5.74, 6) is -0.968. The van der Waals surface area contributed by atoms with E-state index < -0.39 is 29.6 Å². The monoisotopic (exact) mass is 539 g/mol. The van der Waals surface area contributed by atoms with Gasteiger partial charge < -0.3 is 25.4 Å². The molecule has 1 atom stereocenters. The number of amides is 3. The normalized spacial score (nSPS) is 11.9. The average Bonchev–Trinajstić information content (AvgIpc) is 2.86. The van der Waals surface area contributed by atoms with Crippen molar-refractivity contribution in [2.75, 3.05) is 18.4 Å². The highest BCUT2D eigenvalue weighted by Gasteiger charge is 2.33. The summed E-state index contributed by atoms with van der Waals surface area (Å²) in [5.41, 5.74) is 2.05. The van der Waals surface area contributed by atoms with Gasteiger partial charge in [0, 0.05) is 17.8 Å². The van der Waals surface area contributed by atoms with E-state index in [1.165, 1.54) is 11.0 Å². The van der Waals surface area contributed by atoms with E-state index in [-0.39, 0.29) is 12.3 Å². The number of aromatic hydroxyl groups is 1. The van der Waals surface area contributed by atoms with Crippen molar-refractivity contribution in [2.24, 2.45) is 0 Å². The zero-order chi connectivity index (χ0) is 29.0. The number of unbranched alkanes of at least 4 members (excludes halogenated alkanes) is 5. The van der Waals surface area contributed by atoms with E-state index in [0.29, 0.717) is 24.2 Å². The average molecular weight is 540 g/mol. The van der Waals surface area contributed by atoms with Crippen LogP contribution in [0.2, 0.25) is 0 Å². The van der Waals surface area contributed by atoms with E-state index in [9.17, 15) is 19.5 Å². The molecule has 0 radical (unpaired) electrons. The van der Waals surface area contributed by atoms with Crippen LogP contribution in [0.3, 0.4) is 0 Å². The van der Waals surface area contributed by atoms with Crippen molar-refractivity contribution in [2.45, 2.75) is 91.7 Å². The number of anilines is 1. The Hall–Kier alpha value is -3.55. The molecule has 0 aliphatic heterocycles. The number of para-hydroxylation sites is 2. The van der Waals surface area contributed by atoms with Crippen molar-refractivity contribution in [3.05, 3.63) is 59.2 Å². The fraction of sp³-hybridized carbons (Fsp3) is 0.516. The molecule has 0 aromatic heterocycles. The maximum Gasteiger partial charge on any atom is 0.408 e. The van der Waals surface area contributed by atoms with Crippen molar-refractivity contribution < 1.29 is 24.2 Å². The molecule has 2 aromatic rings. The van der Waals surface area contributed by atoms with Crippen LogP contribution in [0, 0.1) is 13.8 Å². The van der Waals surface area contributed by atoms with Gasteiger partial charge in [0.1, 0.15) is 23.9 Å². The van der Waals surface area contributed by atoms with E-state index in [2.05, 4.69) is 17.6 Å². The van der Waals surface area contributed by atoms with Crippen LogP contribution in [-0.4, -0.2) is 46.6 Å². The summed E-state index contributed by atoms with van der Waals surface area (Å²) < 4.78 is 5.28. The Morgan fingerprint density at radius 1 is 0.923 bits per heavy atom. The Labute approximate surface area is 233 Å². The number of aryl methyl sites for hydroxylation is 2. The molecule has 0 spiro atoms. The van der Waals surface area contributed by atoms with Gasteiger partial charge >= 0.3 is 6.09 Å². The van der Waals surface area contributed by atoms with Crippen molar-refractivity contribution in [3.8, 4) is 5.75 Å². The summed E-state index contributed by atoms with van der Waals surface area (Å²) >= 11 is 0. The quantitative estimate of drug-likeness (QED) is 0.255. The predicted octanol–water partition coefficient (Wildman–Crippen LogP) is 6.40. The first kappa shape index (κ1) is 31.7. The predicted molar refractivity (Wildman–Crippen MR) is 155 cm³/mol. The third-order valence-electron chi connectivity index (χ3n) is 6.38. The molecule has 2 aromatic carbocycles. The molecule has 39 heavy (non-hydrogen) atoms. The fourth-order valence-corrected chi connectivity index (χ4v) is 4.40.